The summed E-state index contributed by atoms with van der Waals surface area (Å²) in [4.78, 5) is 0. The minimum Gasteiger partial charge on any atom is -0.291 e. The predicted octanol–water partition coefficient (Wildman–Crippen LogP) is 5.89. The molecular weight excluding hydrogens is 246 g/mol. The van der Waals surface area contributed by atoms with Gasteiger partial charge in [-0.05, 0) is 37.5 Å². The number of allylic oxidation sites excluding steroid dienone is 1. The second-order valence-corrected chi connectivity index (χ2v) is 6.43. The van der Waals surface area contributed by atoms with E-state index in [1.54, 1.807) is 0 Å². The van der Waals surface area contributed by atoms with Crippen LogP contribution in [0.5, 0.6) is 0 Å². The average Bonchev–Trinajstić information content (AvgIpc) is 2.38. The third-order valence-corrected chi connectivity index (χ3v) is 3.27. The Bertz CT molecular complexity index is 245. The molecule has 20 heavy (non-hydrogen) atoms. The first-order valence-electron chi connectivity index (χ1n) is 8.40. The van der Waals surface area contributed by atoms with Crippen LogP contribution in [0.15, 0.2) is 22.6 Å². The Morgan fingerprint density at radius 1 is 0.850 bits per heavy atom. The topological polar surface area (TPSA) is 36.8 Å². The maximum absolute atomic E-state index is 3.98. The molecule has 1 N–H and O–H groups in total. The normalized spacial score (nSPS) is 12.3. The third-order valence-electron chi connectivity index (χ3n) is 3.27. The molecule has 0 aromatic rings. The van der Waals surface area contributed by atoms with Crippen LogP contribution in [0.1, 0.15) is 79.1 Å². The molecule has 0 aromatic heterocycles. The zero-order valence-corrected chi connectivity index (χ0v) is 14.1. The maximum Gasteiger partial charge on any atom is 0.0473 e. The molecule has 0 unspecified atom stereocenters. The fourth-order valence-electron chi connectivity index (χ4n) is 2.00. The van der Waals surface area contributed by atoms with Gasteiger partial charge in [-0.2, -0.15) is 0 Å². The van der Waals surface area contributed by atoms with Crippen molar-refractivity contribution in [3.63, 3.8) is 0 Å². The van der Waals surface area contributed by atoms with Crippen molar-refractivity contribution in [1.82, 2.24) is 5.43 Å². The molecule has 118 valence electrons. The molecule has 0 amide bonds. The van der Waals surface area contributed by atoms with E-state index in [4.69, 9.17) is 0 Å². The molecule has 3 nitrogen and oxygen atoms in total. The maximum atomic E-state index is 3.98. The molecule has 3 heteroatoms. The van der Waals surface area contributed by atoms with Crippen molar-refractivity contribution in [2.24, 2.45) is 22.2 Å². The molecule has 0 aliphatic heterocycles. The lowest BCUT2D eigenvalue weighted by molar-refractivity contribution is 0.521. The van der Waals surface area contributed by atoms with Crippen molar-refractivity contribution in [2.75, 3.05) is 6.54 Å². The van der Waals surface area contributed by atoms with Gasteiger partial charge in [0.05, 0.1) is 0 Å². The van der Waals surface area contributed by atoms with E-state index in [1.807, 2.05) is 6.20 Å². The summed E-state index contributed by atoms with van der Waals surface area (Å²) in [5, 5.41) is 7.90. The van der Waals surface area contributed by atoms with E-state index in [9.17, 15) is 0 Å². The lowest BCUT2D eigenvalue weighted by atomic mass is 10.0. The molecule has 0 radical (unpaired) electrons. The van der Waals surface area contributed by atoms with E-state index in [0.717, 1.165) is 31.2 Å². The van der Waals surface area contributed by atoms with Gasteiger partial charge in [0.15, 0.2) is 0 Å². The first kappa shape index (κ1) is 19.1. The molecule has 0 spiro atoms. The average molecular weight is 281 g/mol. The highest BCUT2D eigenvalue weighted by Crippen LogP contribution is 2.10. The SMILES string of the molecule is CC(C)CCCCCC/C=C/N=N\NCCCC(C)C. The largest absolute Gasteiger partial charge is 0.291 e. The molecule has 0 aromatic carbocycles. The molecule has 0 aliphatic rings. The summed E-state index contributed by atoms with van der Waals surface area (Å²) in [6, 6.07) is 0. The Balaban J connectivity index is 3.22. The lowest BCUT2D eigenvalue weighted by Crippen LogP contribution is -2.07. The molecule has 0 saturated carbocycles. The van der Waals surface area contributed by atoms with E-state index in [2.05, 4.69) is 49.5 Å². The molecule has 0 atom stereocenters. The van der Waals surface area contributed by atoms with Crippen LogP contribution in [-0.4, -0.2) is 6.54 Å². The zero-order chi connectivity index (χ0) is 15.1. The monoisotopic (exact) mass is 281 g/mol. The van der Waals surface area contributed by atoms with Crippen LogP contribution in [0.2, 0.25) is 0 Å². The Morgan fingerprint density at radius 3 is 2.20 bits per heavy atom. The van der Waals surface area contributed by atoms with Gasteiger partial charge in [0, 0.05) is 12.7 Å². The summed E-state index contributed by atoms with van der Waals surface area (Å²) < 4.78 is 0. The van der Waals surface area contributed by atoms with Crippen molar-refractivity contribution < 1.29 is 0 Å². The summed E-state index contributed by atoms with van der Waals surface area (Å²) in [6.07, 6.45) is 14.2. The highest BCUT2D eigenvalue weighted by molar-refractivity contribution is 4.77. The smallest absolute Gasteiger partial charge is 0.0473 e. The number of nitrogens with one attached hydrogen (secondary N) is 1. The van der Waals surface area contributed by atoms with Crippen molar-refractivity contribution in [2.45, 2.75) is 79.1 Å². The van der Waals surface area contributed by atoms with Gasteiger partial charge in [-0.25, -0.2) is 0 Å². The van der Waals surface area contributed by atoms with E-state index >= 15 is 0 Å². The van der Waals surface area contributed by atoms with Crippen LogP contribution >= 0.6 is 0 Å². The molecule has 0 saturated heterocycles. The van der Waals surface area contributed by atoms with Crippen LogP contribution < -0.4 is 5.43 Å². The van der Waals surface area contributed by atoms with Gasteiger partial charge < -0.3 is 0 Å². The number of nitrogens with zero attached hydrogens (tertiary/aromatic N) is 2. The minimum atomic E-state index is 0.772. The predicted molar refractivity (Wildman–Crippen MR) is 88.6 cm³/mol. The Kier molecular flexibility index (Phi) is 13.9. The third kappa shape index (κ3) is 17.1. The van der Waals surface area contributed by atoms with Gasteiger partial charge in [-0.15, -0.1) is 5.11 Å². The summed E-state index contributed by atoms with van der Waals surface area (Å²) >= 11 is 0. The quantitative estimate of drug-likeness (QED) is 0.255. The van der Waals surface area contributed by atoms with Gasteiger partial charge in [0.2, 0.25) is 0 Å². The van der Waals surface area contributed by atoms with Gasteiger partial charge in [0.1, 0.15) is 0 Å². The first-order valence-corrected chi connectivity index (χ1v) is 8.40. The second-order valence-electron chi connectivity index (χ2n) is 6.43. The number of unbranched alkanes of at least 4 members (excludes halogenated alkanes) is 4. The van der Waals surface area contributed by atoms with Gasteiger partial charge in [-0.1, -0.05) is 64.7 Å². The first-order chi connectivity index (χ1) is 9.63. The van der Waals surface area contributed by atoms with E-state index < -0.39 is 0 Å². The lowest BCUT2D eigenvalue weighted by Gasteiger charge is -2.03. The Labute approximate surface area is 126 Å². The van der Waals surface area contributed by atoms with Gasteiger partial charge >= 0.3 is 0 Å². The molecule has 0 heterocycles. The van der Waals surface area contributed by atoms with Crippen molar-refractivity contribution in [1.29, 1.82) is 0 Å². The van der Waals surface area contributed by atoms with Crippen LogP contribution in [0.25, 0.3) is 0 Å². The molecule has 0 rings (SSSR count). The van der Waals surface area contributed by atoms with Crippen molar-refractivity contribution in [3.8, 4) is 0 Å². The van der Waals surface area contributed by atoms with Crippen LogP contribution in [-0.2, 0) is 0 Å². The zero-order valence-electron chi connectivity index (χ0n) is 14.1. The van der Waals surface area contributed by atoms with Crippen LogP contribution in [0, 0.1) is 11.8 Å². The van der Waals surface area contributed by atoms with Crippen molar-refractivity contribution in [3.05, 3.63) is 12.3 Å². The highest BCUT2D eigenvalue weighted by atomic mass is 15.4. The Morgan fingerprint density at radius 2 is 1.50 bits per heavy atom. The Hall–Kier alpha value is -0.860. The van der Waals surface area contributed by atoms with E-state index in [-0.39, 0.29) is 0 Å². The molecule has 0 fully saturated rings. The number of rotatable bonds is 13. The minimum absolute atomic E-state index is 0.772. The molecular formula is C17H35N3. The van der Waals surface area contributed by atoms with Gasteiger partial charge in [0.25, 0.3) is 0 Å². The van der Waals surface area contributed by atoms with Crippen LogP contribution in [0.3, 0.4) is 0 Å². The fraction of sp³-hybridized carbons (Fsp3) is 0.882. The van der Waals surface area contributed by atoms with Crippen molar-refractivity contribution >= 4 is 0 Å². The fourth-order valence-corrected chi connectivity index (χ4v) is 2.00. The summed E-state index contributed by atoms with van der Waals surface area (Å²) in [5.41, 5.74) is 2.98. The molecule has 0 aliphatic carbocycles. The standard InChI is InChI=1S/C17H35N3/c1-16(2)12-9-7-5-6-8-10-14-18-20-19-15-11-13-17(3)4/h10,14,16-17H,5-9,11-13,15H2,1-4H3,(H,18,19)/b14-10+. The summed E-state index contributed by atoms with van der Waals surface area (Å²) in [5.74, 6) is 1.62. The van der Waals surface area contributed by atoms with Crippen LogP contribution in [0.4, 0.5) is 0 Å². The summed E-state index contributed by atoms with van der Waals surface area (Å²) in [7, 11) is 0. The van der Waals surface area contributed by atoms with E-state index in [0.29, 0.717) is 0 Å². The molecule has 0 bridgehead atoms. The van der Waals surface area contributed by atoms with Gasteiger partial charge in [-0.3, -0.25) is 5.43 Å². The number of hydrogen-bond donors (Lipinski definition) is 1. The van der Waals surface area contributed by atoms with E-state index in [1.165, 1.54) is 38.5 Å². The number of hydrogen-bond acceptors (Lipinski definition) is 2. The second kappa shape index (κ2) is 14.5. The highest BCUT2D eigenvalue weighted by Gasteiger charge is 1.93. The summed E-state index contributed by atoms with van der Waals surface area (Å²) in [6.45, 7) is 10.0.